The Hall–Kier alpha value is 0.640. The van der Waals surface area contributed by atoms with Crippen molar-refractivity contribution < 1.29 is 20.8 Å². The second kappa shape index (κ2) is 7.59. The van der Waals surface area contributed by atoms with Crippen LogP contribution in [0.25, 0.3) is 6.08 Å². The predicted molar refractivity (Wildman–Crippen MR) is 87.3 cm³/mol. The maximum atomic E-state index is 4.93. The van der Waals surface area contributed by atoms with E-state index in [4.69, 9.17) is 17.0 Å². The minimum atomic E-state index is -1.01. The first-order chi connectivity index (χ1) is 8.78. The summed E-state index contributed by atoms with van der Waals surface area (Å²) < 4.78 is 0. The third-order valence-corrected chi connectivity index (χ3v) is 4.69. The average molecular weight is 393 g/mol. The van der Waals surface area contributed by atoms with Crippen molar-refractivity contribution in [2.45, 2.75) is 46.0 Å². The van der Waals surface area contributed by atoms with Gasteiger partial charge in [-0.05, 0) is 48.6 Å². The van der Waals surface area contributed by atoms with Crippen molar-refractivity contribution in [3.8, 4) is 0 Å². The van der Waals surface area contributed by atoms with E-state index in [9.17, 15) is 0 Å². The molecule has 1 aliphatic rings. The van der Waals surface area contributed by atoms with Crippen LogP contribution in [0.2, 0.25) is 19.6 Å². The molecule has 0 N–H and O–H groups in total. The molecule has 19 heavy (non-hydrogen) atoms. The quantitative estimate of drug-likeness (QED) is 0.562. The first-order valence-electron chi connectivity index (χ1n) is 6.53. The summed E-state index contributed by atoms with van der Waals surface area (Å²) in [7, 11) is 8.86. The molecule has 0 unspecified atom stereocenters. The molecule has 0 aromatic heterocycles. The number of benzene rings is 1. The van der Waals surface area contributed by atoms with Gasteiger partial charge in [0.05, 0.1) is 0 Å². The van der Waals surface area contributed by atoms with Crippen molar-refractivity contribution in [2.75, 3.05) is 0 Å². The monoisotopic (exact) mass is 390 g/mol. The van der Waals surface area contributed by atoms with Gasteiger partial charge in [-0.3, -0.25) is 0 Å². The summed E-state index contributed by atoms with van der Waals surface area (Å²) in [5.74, 6) is 0. The van der Waals surface area contributed by atoms with Gasteiger partial charge in [0.2, 0.25) is 0 Å². The molecule has 0 saturated carbocycles. The minimum absolute atomic E-state index is 0.826. The van der Waals surface area contributed by atoms with Crippen molar-refractivity contribution in [1.82, 2.24) is 0 Å². The molecule has 104 valence electrons. The van der Waals surface area contributed by atoms with E-state index >= 15 is 0 Å². The Balaban J connectivity index is 0.000000550. The van der Waals surface area contributed by atoms with Crippen LogP contribution in [0.3, 0.4) is 0 Å². The molecule has 1 aromatic rings. The Morgan fingerprint density at radius 3 is 2.26 bits per heavy atom. The molecule has 0 spiro atoms. The fourth-order valence-corrected chi connectivity index (χ4v) is 3.99. The molecule has 0 saturated heterocycles. The van der Waals surface area contributed by atoms with Crippen LogP contribution >= 0.6 is 17.0 Å². The Morgan fingerprint density at radius 1 is 1.16 bits per heavy atom. The van der Waals surface area contributed by atoms with Gasteiger partial charge in [0.25, 0.3) is 0 Å². The predicted octanol–water partition coefficient (Wildman–Crippen LogP) is 5.75. The summed E-state index contributed by atoms with van der Waals surface area (Å²) in [5.41, 5.74) is 7.67. The van der Waals surface area contributed by atoms with Crippen molar-refractivity contribution in [3.05, 3.63) is 40.0 Å². The fraction of sp³-hybridized carbons (Fsp3) is 0.467. The first kappa shape index (κ1) is 17.7. The molecule has 0 atom stereocenters. The normalized spacial score (nSPS) is 13.3. The molecule has 0 fully saturated rings. The van der Waals surface area contributed by atoms with Gasteiger partial charge in [-0.25, -0.2) is 0 Å². The number of allylic oxidation sites excluding steroid dienone is 1. The Kier molecular flexibility index (Phi) is 7.07. The van der Waals surface area contributed by atoms with E-state index < -0.39 is 28.9 Å². The van der Waals surface area contributed by atoms with Gasteiger partial charge in [0.15, 0.2) is 0 Å². The molecular formula is C15H22Cl2SiZr. The van der Waals surface area contributed by atoms with Crippen molar-refractivity contribution in [1.29, 1.82) is 0 Å². The van der Waals surface area contributed by atoms with Crippen molar-refractivity contribution in [3.63, 3.8) is 0 Å². The van der Waals surface area contributed by atoms with Crippen LogP contribution in [0, 0.1) is 6.92 Å². The van der Waals surface area contributed by atoms with Crippen LogP contribution in [0.15, 0.2) is 17.7 Å². The van der Waals surface area contributed by atoms with E-state index in [0.29, 0.717) is 0 Å². The zero-order valence-corrected chi connectivity index (χ0v) is 17.4. The molecule has 0 bridgehead atoms. The Bertz CT molecular complexity index is 476. The van der Waals surface area contributed by atoms with Crippen molar-refractivity contribution >= 4 is 31.2 Å². The van der Waals surface area contributed by atoms with Crippen LogP contribution in [-0.4, -0.2) is 8.07 Å². The van der Waals surface area contributed by atoms with Gasteiger partial charge in [0, 0.05) is 8.07 Å². The Morgan fingerprint density at radius 2 is 1.74 bits per heavy atom. The van der Waals surface area contributed by atoms with E-state index in [2.05, 4.69) is 51.7 Å². The third kappa shape index (κ3) is 5.50. The zero-order chi connectivity index (χ0) is 14.6. The number of rotatable bonds is 2. The summed E-state index contributed by atoms with van der Waals surface area (Å²) in [6.45, 7) is 11.8. The van der Waals surface area contributed by atoms with Crippen LogP contribution in [0.5, 0.6) is 0 Å². The number of halogens is 2. The molecule has 1 aromatic carbocycles. The summed E-state index contributed by atoms with van der Waals surface area (Å²) in [4.78, 5) is 0. The van der Waals surface area contributed by atoms with Crippen LogP contribution in [0.4, 0.5) is 0 Å². The van der Waals surface area contributed by atoms with Gasteiger partial charge in [-0.15, -0.1) is 0 Å². The van der Waals surface area contributed by atoms with Crippen molar-refractivity contribution in [2.24, 2.45) is 0 Å². The van der Waals surface area contributed by atoms with Gasteiger partial charge in [-0.1, -0.05) is 43.4 Å². The molecule has 1 aliphatic carbocycles. The van der Waals surface area contributed by atoms with Gasteiger partial charge >= 0.3 is 37.9 Å². The Labute approximate surface area is 137 Å². The van der Waals surface area contributed by atoms with E-state index in [1.807, 2.05) is 0 Å². The number of aryl methyl sites for hydroxylation is 1. The SMILES string of the molecule is CC1=Cc2c(C[Si](C)(C)C)ccc(C)c2C1.[Cl][Zr][Cl]. The van der Waals surface area contributed by atoms with Crippen LogP contribution < -0.4 is 0 Å². The van der Waals surface area contributed by atoms with Gasteiger partial charge < -0.3 is 0 Å². The standard InChI is InChI=1S/C15H22Si.2ClH.Zr/c1-11-8-14-12(2)6-7-13(15(14)9-11)10-16(3,4)5;;;/h6-7,9H,8,10H2,1-5H3;2*1H;/q;;;+2/p-2. The molecule has 0 heterocycles. The molecule has 2 rings (SSSR count). The summed E-state index contributed by atoms with van der Waals surface area (Å²) in [5, 5.41) is 0. The third-order valence-electron chi connectivity index (χ3n) is 3.25. The van der Waals surface area contributed by atoms with Crippen LogP contribution in [0.1, 0.15) is 29.2 Å². The molecule has 4 heteroatoms. The second-order valence-electron chi connectivity index (χ2n) is 6.41. The van der Waals surface area contributed by atoms with Crippen LogP contribution in [-0.2, 0) is 33.3 Å². The first-order valence-corrected chi connectivity index (χ1v) is 16.6. The zero-order valence-electron chi connectivity index (χ0n) is 12.4. The molecule has 0 radical (unpaired) electrons. The summed E-state index contributed by atoms with van der Waals surface area (Å²) in [6.07, 6.45) is 3.57. The van der Waals surface area contributed by atoms with Gasteiger partial charge in [0.1, 0.15) is 0 Å². The topological polar surface area (TPSA) is 0 Å². The molecule has 0 aliphatic heterocycles. The number of fused-ring (bicyclic) bond motifs is 1. The molecular weight excluding hydrogens is 370 g/mol. The molecule has 0 amide bonds. The van der Waals surface area contributed by atoms with E-state index in [1.54, 1.807) is 16.7 Å². The second-order valence-corrected chi connectivity index (χ2v) is 15.6. The fourth-order valence-electron chi connectivity index (χ4n) is 2.54. The summed E-state index contributed by atoms with van der Waals surface area (Å²) >= 11 is -0.826. The number of hydrogen-bond donors (Lipinski definition) is 0. The van der Waals surface area contributed by atoms with Gasteiger partial charge in [-0.2, -0.15) is 0 Å². The average Bonchev–Trinajstić information content (AvgIpc) is 2.65. The molecule has 0 nitrogen and oxygen atoms in total. The van der Waals surface area contributed by atoms with E-state index in [-0.39, 0.29) is 0 Å². The maximum absolute atomic E-state index is 4.93. The van der Waals surface area contributed by atoms with E-state index in [0.717, 1.165) is 0 Å². The summed E-state index contributed by atoms with van der Waals surface area (Å²) in [6, 6.07) is 5.96. The number of hydrogen-bond acceptors (Lipinski definition) is 0. The van der Waals surface area contributed by atoms with E-state index in [1.165, 1.54) is 23.6 Å².